The summed E-state index contributed by atoms with van der Waals surface area (Å²) in [5.41, 5.74) is 16.4. The molecule has 0 saturated heterocycles. The highest BCUT2D eigenvalue weighted by molar-refractivity contribution is 6.05. The molecule has 71 heavy (non-hydrogen) atoms. The highest BCUT2D eigenvalue weighted by atomic mass is 19.1. The summed E-state index contributed by atoms with van der Waals surface area (Å²) in [6.45, 7) is 5.19. The van der Waals surface area contributed by atoms with Crippen LogP contribution in [0.5, 0.6) is 23.0 Å². The zero-order valence-corrected chi connectivity index (χ0v) is 39.6. The number of carbonyl (C=O) groups excluding carboxylic acids is 4. The lowest BCUT2D eigenvalue weighted by atomic mass is 10.1. The second kappa shape index (κ2) is 21.1. The Labute approximate surface area is 405 Å². The van der Waals surface area contributed by atoms with Crippen LogP contribution >= 0.6 is 0 Å². The number of ether oxygens (including phenoxy) is 4. The fraction of sp³-hybridized carbons (Fsp3) is 0.240. The van der Waals surface area contributed by atoms with E-state index in [1.165, 1.54) is 35.0 Å². The number of allylic oxidation sites excluding steroid dienone is 2. The largest absolute Gasteiger partial charge is 0.497 e. The smallest absolute Gasteiger partial charge is 0.276 e. The highest BCUT2D eigenvalue weighted by Crippen LogP contribution is 2.34. The lowest BCUT2D eigenvalue weighted by Crippen LogP contribution is -2.20. The van der Waals surface area contributed by atoms with Gasteiger partial charge in [0.25, 0.3) is 11.8 Å². The fourth-order valence-corrected chi connectivity index (χ4v) is 7.92. The quantitative estimate of drug-likeness (QED) is 0.0562. The molecule has 0 fully saturated rings. The molecule has 21 heteroatoms. The van der Waals surface area contributed by atoms with Crippen LogP contribution in [0.25, 0.3) is 22.1 Å². The van der Waals surface area contributed by atoms with E-state index < -0.39 is 30.3 Å². The van der Waals surface area contributed by atoms with Crippen molar-refractivity contribution in [1.29, 1.82) is 0 Å². The number of rotatable bonds is 21. The minimum atomic E-state index is -0.751. The van der Waals surface area contributed by atoms with Crippen molar-refractivity contribution in [3.05, 3.63) is 142 Å². The average Bonchev–Trinajstić information content (AvgIpc) is 4.13. The van der Waals surface area contributed by atoms with Gasteiger partial charge in [0, 0.05) is 30.8 Å². The number of hydrogen-bond donors (Lipinski definition) is 4. The molecule has 4 aromatic carbocycles. The van der Waals surface area contributed by atoms with Crippen molar-refractivity contribution in [2.24, 2.45) is 11.5 Å². The molecule has 20 nitrogen and oxygen atoms in total. The lowest BCUT2D eigenvalue weighted by Gasteiger charge is -2.14. The van der Waals surface area contributed by atoms with E-state index >= 15 is 0 Å². The molecule has 4 amide bonds. The number of methoxy groups -OCH3 is 2. The molecule has 0 aliphatic heterocycles. The standard InChI is InChI=1S/C50H51FN12O8/c1-6-62-39(21-29(2)58-62)47(66)56-49-54-37-23-33(45(52)64)25-41(70-27-31-9-13-35(68-4)14-10-31)43(37)60(49)18-7-8-19-61-44-38(55-50(61)57-48(67)40-22-30(3)59-63(40)20-17-51)24-34(46(53)65)26-42(44)71-28-32-11-15-36(69-5)16-12-32/h7-16,21-26H,6,17-20,27-28H2,1-5H3,(H2,52,64)(H2,53,65)(H,54,56,66)(H,55,57,67)/b8-7+. The number of aromatic nitrogens is 8. The van der Waals surface area contributed by atoms with Crippen molar-refractivity contribution in [3.8, 4) is 23.0 Å². The van der Waals surface area contributed by atoms with Gasteiger partial charge >= 0.3 is 0 Å². The molecule has 0 saturated carbocycles. The predicted octanol–water partition coefficient (Wildman–Crippen LogP) is 6.52. The molecule has 6 N–H and O–H groups in total. The Morgan fingerprint density at radius 1 is 0.634 bits per heavy atom. The number of imidazole rings is 2. The molecule has 0 aliphatic carbocycles. The molecule has 4 heterocycles. The third-order valence-corrected chi connectivity index (χ3v) is 11.3. The molecule has 366 valence electrons. The molecule has 0 radical (unpaired) electrons. The summed E-state index contributed by atoms with van der Waals surface area (Å²) in [4.78, 5) is 62.8. The Morgan fingerprint density at radius 3 is 1.45 bits per heavy atom. The van der Waals surface area contributed by atoms with Crippen LogP contribution in [-0.4, -0.2) is 83.2 Å². The maximum absolute atomic E-state index is 14.0. The van der Waals surface area contributed by atoms with Crippen LogP contribution in [0, 0.1) is 13.8 Å². The maximum Gasteiger partial charge on any atom is 0.276 e. The highest BCUT2D eigenvalue weighted by Gasteiger charge is 2.24. The first-order valence-corrected chi connectivity index (χ1v) is 22.4. The van der Waals surface area contributed by atoms with Crippen molar-refractivity contribution in [2.45, 2.75) is 60.2 Å². The van der Waals surface area contributed by atoms with Crippen LogP contribution in [-0.2, 0) is 39.4 Å². The minimum absolute atomic E-state index is 0.0552. The Morgan fingerprint density at radius 2 is 1.06 bits per heavy atom. The monoisotopic (exact) mass is 966 g/mol. The number of amides is 4. The second-order valence-electron chi connectivity index (χ2n) is 16.2. The normalized spacial score (nSPS) is 11.4. The van der Waals surface area contributed by atoms with Crippen molar-refractivity contribution in [1.82, 2.24) is 38.7 Å². The first-order chi connectivity index (χ1) is 34.3. The Balaban J connectivity index is 1.20. The first-order valence-electron chi connectivity index (χ1n) is 22.4. The van der Waals surface area contributed by atoms with E-state index in [9.17, 15) is 23.6 Å². The SMILES string of the molecule is CCn1nc(C)cc1C(=O)Nc1nc2cc(C(N)=O)cc(OCc3ccc(OC)cc3)c2n1C/C=C/Cn1c(NC(=O)c2cc(C)nn2CCF)nc2cc(C(N)=O)cc(OCc3ccc(OC)cc3)c21. The molecular weight excluding hydrogens is 916 g/mol. The van der Waals surface area contributed by atoms with Gasteiger partial charge in [0.05, 0.1) is 43.2 Å². The third-order valence-electron chi connectivity index (χ3n) is 11.3. The zero-order valence-electron chi connectivity index (χ0n) is 39.6. The summed E-state index contributed by atoms with van der Waals surface area (Å²) >= 11 is 0. The zero-order chi connectivity index (χ0) is 50.3. The van der Waals surface area contributed by atoms with E-state index in [1.807, 2.05) is 31.2 Å². The number of alkyl halides is 1. The number of anilines is 2. The van der Waals surface area contributed by atoms with Gasteiger partial charge in [-0.25, -0.2) is 14.4 Å². The summed E-state index contributed by atoms with van der Waals surface area (Å²) in [5.74, 6) is -0.517. The number of nitrogens with zero attached hydrogens (tertiary/aromatic N) is 8. The van der Waals surface area contributed by atoms with Crippen molar-refractivity contribution >= 4 is 57.6 Å². The number of nitrogens with one attached hydrogen (secondary N) is 2. The fourth-order valence-electron chi connectivity index (χ4n) is 7.92. The third kappa shape index (κ3) is 10.7. The van der Waals surface area contributed by atoms with Crippen LogP contribution in [0.15, 0.2) is 97.1 Å². The summed E-state index contributed by atoms with van der Waals surface area (Å²) in [6, 6.07) is 23.8. The lowest BCUT2D eigenvalue weighted by molar-refractivity contribution is 0.0991. The van der Waals surface area contributed by atoms with Gasteiger partial charge in [-0.05, 0) is 92.6 Å². The molecule has 8 aromatic rings. The number of carbonyl (C=O) groups is 4. The Hall–Kier alpha value is -9.01. The first kappa shape index (κ1) is 48.4. The van der Waals surface area contributed by atoms with E-state index in [1.54, 1.807) is 84.4 Å². The molecule has 0 unspecified atom stereocenters. The number of nitrogens with two attached hydrogens (primary N) is 2. The van der Waals surface area contributed by atoms with E-state index in [0.29, 0.717) is 51.7 Å². The second-order valence-corrected chi connectivity index (χ2v) is 16.2. The van der Waals surface area contributed by atoms with Crippen molar-refractivity contribution < 1.29 is 42.5 Å². The molecule has 0 atom stereocenters. The van der Waals surface area contributed by atoms with Gasteiger partial charge in [0.2, 0.25) is 23.7 Å². The van der Waals surface area contributed by atoms with E-state index in [2.05, 4.69) is 20.8 Å². The van der Waals surface area contributed by atoms with Crippen LogP contribution in [0.4, 0.5) is 16.3 Å². The van der Waals surface area contributed by atoms with Crippen molar-refractivity contribution in [2.75, 3.05) is 31.5 Å². The van der Waals surface area contributed by atoms with Gasteiger partial charge in [0.15, 0.2) is 0 Å². The van der Waals surface area contributed by atoms with Gasteiger partial charge in [-0.2, -0.15) is 10.2 Å². The van der Waals surface area contributed by atoms with Gasteiger partial charge < -0.3 is 39.5 Å². The summed E-state index contributed by atoms with van der Waals surface area (Å²) < 4.78 is 43.2. The minimum Gasteiger partial charge on any atom is -0.497 e. The number of aryl methyl sites for hydroxylation is 4. The Kier molecular flexibility index (Phi) is 14.4. The van der Waals surface area contributed by atoms with E-state index in [-0.39, 0.29) is 78.6 Å². The Bertz CT molecular complexity index is 3320. The predicted molar refractivity (Wildman–Crippen MR) is 262 cm³/mol. The summed E-state index contributed by atoms with van der Waals surface area (Å²) in [7, 11) is 3.14. The molecule has 0 spiro atoms. The maximum atomic E-state index is 14.0. The summed E-state index contributed by atoms with van der Waals surface area (Å²) in [5, 5.41) is 14.5. The topological polar surface area (TPSA) is 253 Å². The van der Waals surface area contributed by atoms with Crippen LogP contribution in [0.1, 0.15) is 71.1 Å². The van der Waals surface area contributed by atoms with Gasteiger partial charge in [-0.15, -0.1) is 0 Å². The molecule has 0 aliphatic rings. The molecule has 0 bridgehead atoms. The van der Waals surface area contributed by atoms with Gasteiger partial charge in [-0.3, -0.25) is 39.2 Å². The van der Waals surface area contributed by atoms with Crippen LogP contribution < -0.4 is 41.0 Å². The van der Waals surface area contributed by atoms with E-state index in [4.69, 9.17) is 40.4 Å². The van der Waals surface area contributed by atoms with Crippen LogP contribution in [0.2, 0.25) is 0 Å². The number of benzene rings is 4. The number of fused-ring (bicyclic) bond motifs is 2. The molecule has 4 aromatic heterocycles. The van der Waals surface area contributed by atoms with Crippen LogP contribution in [0.3, 0.4) is 0 Å². The van der Waals surface area contributed by atoms with Crippen molar-refractivity contribution in [3.63, 3.8) is 0 Å². The van der Waals surface area contributed by atoms with Gasteiger partial charge in [-0.1, -0.05) is 36.4 Å². The average molecular weight is 967 g/mol. The van der Waals surface area contributed by atoms with E-state index in [0.717, 1.165) is 11.1 Å². The number of primary amides is 2. The number of halogens is 1. The molecular formula is C50H51FN12O8. The van der Waals surface area contributed by atoms with Gasteiger partial charge in [0.1, 0.15) is 65.3 Å². The summed E-state index contributed by atoms with van der Waals surface area (Å²) in [6.07, 6.45) is 3.60. The number of hydrogen-bond acceptors (Lipinski definition) is 12. The molecule has 8 rings (SSSR count).